The molecule has 120 valence electrons. The van der Waals surface area contributed by atoms with Crippen molar-refractivity contribution in [1.82, 2.24) is 10.2 Å². The summed E-state index contributed by atoms with van der Waals surface area (Å²) in [6.07, 6.45) is 2.95. The van der Waals surface area contributed by atoms with Crippen LogP contribution in [0.1, 0.15) is 39.2 Å². The molecular weight excluding hydrogens is 331 g/mol. The summed E-state index contributed by atoms with van der Waals surface area (Å²) in [6, 6.07) is 5.43. The Hall–Kier alpha value is -0.450. The van der Waals surface area contributed by atoms with Crippen LogP contribution in [0.3, 0.4) is 0 Å². The molecule has 0 aliphatic rings. The Morgan fingerprint density at radius 2 is 1.95 bits per heavy atom. The predicted octanol–water partition coefficient (Wildman–Crippen LogP) is 4.23. The summed E-state index contributed by atoms with van der Waals surface area (Å²) in [5.74, 6) is -0.184. The van der Waals surface area contributed by atoms with Crippen molar-refractivity contribution in [2.24, 2.45) is 0 Å². The van der Waals surface area contributed by atoms with Crippen molar-refractivity contribution in [2.45, 2.75) is 51.6 Å². The summed E-state index contributed by atoms with van der Waals surface area (Å²) in [5.41, 5.74) is 1.06. The molecule has 4 heteroatoms. The second-order valence-electron chi connectivity index (χ2n) is 6.09. The fraction of sp³-hybridized carbons (Fsp3) is 0.647. The quantitative estimate of drug-likeness (QED) is 0.747. The number of hydrogen-bond donors (Lipinski definition) is 1. The Balaban J connectivity index is 3.01. The lowest BCUT2D eigenvalue weighted by atomic mass is 9.84. The van der Waals surface area contributed by atoms with E-state index in [0.29, 0.717) is 0 Å². The Bertz CT molecular complexity index is 430. The Kier molecular flexibility index (Phi) is 7.31. The summed E-state index contributed by atoms with van der Waals surface area (Å²) in [5, 5.41) is 3.65. The monoisotopic (exact) mass is 358 g/mol. The van der Waals surface area contributed by atoms with E-state index in [-0.39, 0.29) is 17.4 Å². The third kappa shape index (κ3) is 5.04. The molecule has 0 spiro atoms. The molecule has 1 N–H and O–H groups in total. The SMILES string of the molecule is CCCNC(Cc1cc(F)cc(Br)c1)C(C)(CC)N(C)C. The zero-order valence-corrected chi connectivity index (χ0v) is 15.4. The Labute approximate surface area is 137 Å². The maximum Gasteiger partial charge on any atom is 0.124 e. The van der Waals surface area contributed by atoms with E-state index in [4.69, 9.17) is 0 Å². The lowest BCUT2D eigenvalue weighted by Gasteiger charge is -2.43. The lowest BCUT2D eigenvalue weighted by molar-refractivity contribution is 0.112. The summed E-state index contributed by atoms with van der Waals surface area (Å²) < 4.78 is 14.4. The molecular formula is C17H28BrFN2. The Morgan fingerprint density at radius 3 is 2.43 bits per heavy atom. The largest absolute Gasteiger partial charge is 0.312 e. The van der Waals surface area contributed by atoms with Crippen molar-refractivity contribution in [3.8, 4) is 0 Å². The molecule has 1 aromatic rings. The minimum Gasteiger partial charge on any atom is -0.312 e. The summed E-state index contributed by atoms with van der Waals surface area (Å²) in [4.78, 5) is 2.27. The van der Waals surface area contributed by atoms with E-state index in [1.165, 1.54) is 6.07 Å². The zero-order chi connectivity index (χ0) is 16.0. The van der Waals surface area contributed by atoms with Crippen molar-refractivity contribution in [2.75, 3.05) is 20.6 Å². The van der Waals surface area contributed by atoms with E-state index in [1.54, 1.807) is 6.07 Å². The highest BCUT2D eigenvalue weighted by atomic mass is 79.9. The molecule has 1 aromatic carbocycles. The van der Waals surface area contributed by atoms with Gasteiger partial charge in [0.1, 0.15) is 5.82 Å². The minimum absolute atomic E-state index is 0.0357. The van der Waals surface area contributed by atoms with Gasteiger partial charge in [-0.25, -0.2) is 4.39 Å². The molecule has 0 bridgehead atoms. The minimum atomic E-state index is -0.184. The van der Waals surface area contributed by atoms with Crippen LogP contribution in [-0.4, -0.2) is 37.1 Å². The van der Waals surface area contributed by atoms with Gasteiger partial charge in [-0.2, -0.15) is 0 Å². The lowest BCUT2D eigenvalue weighted by Crippen LogP contribution is -2.58. The van der Waals surface area contributed by atoms with Gasteiger partial charge >= 0.3 is 0 Å². The topological polar surface area (TPSA) is 15.3 Å². The molecule has 0 aliphatic carbocycles. The molecule has 0 aromatic heterocycles. The number of likely N-dealkylation sites (N-methyl/N-ethyl adjacent to an activating group) is 1. The van der Waals surface area contributed by atoms with Gasteiger partial charge in [0.2, 0.25) is 0 Å². The molecule has 0 heterocycles. The van der Waals surface area contributed by atoms with Gasteiger partial charge in [0.05, 0.1) is 0 Å². The highest BCUT2D eigenvalue weighted by molar-refractivity contribution is 9.10. The van der Waals surface area contributed by atoms with Gasteiger partial charge in [-0.15, -0.1) is 0 Å². The van der Waals surface area contributed by atoms with Crippen LogP contribution in [0.25, 0.3) is 0 Å². The van der Waals surface area contributed by atoms with E-state index >= 15 is 0 Å². The standard InChI is InChI=1S/C17H28BrFN2/c1-6-8-20-16(17(3,7-2)21(4)5)11-13-9-14(18)12-15(19)10-13/h9-10,12,16,20H,6-8,11H2,1-5H3. The smallest absolute Gasteiger partial charge is 0.124 e. The molecule has 1 rings (SSSR count). The van der Waals surface area contributed by atoms with Gasteiger partial charge < -0.3 is 10.2 Å². The molecule has 0 radical (unpaired) electrons. The van der Waals surface area contributed by atoms with E-state index < -0.39 is 0 Å². The first kappa shape index (κ1) is 18.6. The third-order valence-electron chi connectivity index (χ3n) is 4.49. The van der Waals surface area contributed by atoms with Crippen LogP contribution in [0.15, 0.2) is 22.7 Å². The second kappa shape index (κ2) is 8.25. The van der Waals surface area contributed by atoms with Gasteiger partial charge in [-0.3, -0.25) is 0 Å². The van der Waals surface area contributed by atoms with Crippen LogP contribution in [-0.2, 0) is 6.42 Å². The van der Waals surface area contributed by atoms with Crippen molar-refractivity contribution in [1.29, 1.82) is 0 Å². The fourth-order valence-electron chi connectivity index (χ4n) is 2.67. The van der Waals surface area contributed by atoms with E-state index in [9.17, 15) is 4.39 Å². The normalized spacial score (nSPS) is 16.0. The fourth-order valence-corrected chi connectivity index (χ4v) is 3.18. The number of rotatable bonds is 8. The van der Waals surface area contributed by atoms with Crippen LogP contribution in [0.5, 0.6) is 0 Å². The highest BCUT2D eigenvalue weighted by Gasteiger charge is 2.34. The third-order valence-corrected chi connectivity index (χ3v) is 4.95. The first-order valence-electron chi connectivity index (χ1n) is 7.69. The number of benzene rings is 1. The van der Waals surface area contributed by atoms with Crippen LogP contribution in [0.2, 0.25) is 0 Å². The Morgan fingerprint density at radius 1 is 1.29 bits per heavy atom. The summed E-state index contributed by atoms with van der Waals surface area (Å²) in [7, 11) is 4.23. The first-order valence-corrected chi connectivity index (χ1v) is 8.48. The number of nitrogens with zero attached hydrogens (tertiary/aromatic N) is 1. The van der Waals surface area contributed by atoms with Crippen LogP contribution >= 0.6 is 15.9 Å². The van der Waals surface area contributed by atoms with Crippen molar-refractivity contribution >= 4 is 15.9 Å². The van der Waals surface area contributed by atoms with E-state index in [1.807, 2.05) is 6.07 Å². The number of hydrogen-bond acceptors (Lipinski definition) is 2. The van der Waals surface area contributed by atoms with Crippen molar-refractivity contribution in [3.63, 3.8) is 0 Å². The van der Waals surface area contributed by atoms with E-state index in [2.05, 4.69) is 61.0 Å². The molecule has 21 heavy (non-hydrogen) atoms. The molecule has 2 unspecified atom stereocenters. The summed E-state index contributed by atoms with van der Waals surface area (Å²) in [6.45, 7) is 7.63. The maximum absolute atomic E-state index is 13.6. The molecule has 0 fully saturated rings. The second-order valence-corrected chi connectivity index (χ2v) is 7.01. The predicted molar refractivity (Wildman–Crippen MR) is 92.3 cm³/mol. The first-order chi connectivity index (χ1) is 9.83. The average molecular weight is 359 g/mol. The molecule has 0 aliphatic heterocycles. The number of halogens is 2. The van der Waals surface area contributed by atoms with Crippen LogP contribution in [0, 0.1) is 5.82 Å². The molecule has 2 atom stereocenters. The summed E-state index contributed by atoms with van der Waals surface area (Å²) >= 11 is 3.38. The molecule has 0 saturated carbocycles. The number of nitrogens with one attached hydrogen (secondary N) is 1. The van der Waals surface area contributed by atoms with Crippen LogP contribution in [0.4, 0.5) is 4.39 Å². The average Bonchev–Trinajstić information content (AvgIpc) is 2.41. The molecule has 0 saturated heterocycles. The zero-order valence-electron chi connectivity index (χ0n) is 13.8. The van der Waals surface area contributed by atoms with Gasteiger partial charge in [-0.05, 0) is 70.6 Å². The van der Waals surface area contributed by atoms with Gasteiger partial charge in [-0.1, -0.05) is 29.8 Å². The van der Waals surface area contributed by atoms with Crippen molar-refractivity contribution in [3.05, 3.63) is 34.1 Å². The maximum atomic E-state index is 13.6. The molecule has 2 nitrogen and oxygen atoms in total. The van der Waals surface area contributed by atoms with Gasteiger partial charge in [0, 0.05) is 16.1 Å². The van der Waals surface area contributed by atoms with Crippen molar-refractivity contribution < 1.29 is 4.39 Å². The van der Waals surface area contributed by atoms with Gasteiger partial charge in [0.15, 0.2) is 0 Å². The van der Waals surface area contributed by atoms with Crippen LogP contribution < -0.4 is 5.32 Å². The molecule has 0 amide bonds. The van der Waals surface area contributed by atoms with Gasteiger partial charge in [0.25, 0.3) is 0 Å². The van der Waals surface area contributed by atoms with E-state index in [0.717, 1.165) is 35.8 Å². The highest BCUT2D eigenvalue weighted by Crippen LogP contribution is 2.25.